The van der Waals surface area contributed by atoms with E-state index in [0.717, 1.165) is 0 Å². The SMILES string of the molecule is Cc1cc(-c2ccc3cc(-c4ccc5c(c4)C(C)(C)c4ccccc4-5)ccc3c2)c2ccc3cc(C(C)(C)C)cc4ccc1c2c43. The molecule has 0 heterocycles. The Balaban J connectivity index is 1.15. The minimum absolute atomic E-state index is 0.00136. The van der Waals surface area contributed by atoms with Crippen molar-refractivity contribution in [3.63, 3.8) is 0 Å². The number of aryl methyl sites for hydroxylation is 1. The Hall–Kier alpha value is -4.94. The third-order valence-corrected chi connectivity index (χ3v) is 10.9. The van der Waals surface area contributed by atoms with Gasteiger partial charge in [-0.05, 0) is 129 Å². The maximum absolute atomic E-state index is 2.42. The molecule has 0 spiro atoms. The van der Waals surface area contributed by atoms with Gasteiger partial charge in [0.1, 0.15) is 0 Å². The molecule has 0 saturated heterocycles. The third-order valence-electron chi connectivity index (χ3n) is 10.9. The monoisotopic (exact) mass is 590 g/mol. The number of hydrogen-bond acceptors (Lipinski definition) is 0. The highest BCUT2D eigenvalue weighted by Crippen LogP contribution is 2.50. The van der Waals surface area contributed by atoms with Crippen molar-refractivity contribution in [3.8, 4) is 33.4 Å². The molecule has 0 amide bonds. The quantitative estimate of drug-likeness (QED) is 0.176. The van der Waals surface area contributed by atoms with E-state index in [0.29, 0.717) is 0 Å². The number of fused-ring (bicyclic) bond motifs is 4. The molecule has 0 fully saturated rings. The molecule has 0 radical (unpaired) electrons. The Labute approximate surface area is 271 Å². The van der Waals surface area contributed by atoms with Crippen LogP contribution < -0.4 is 0 Å². The van der Waals surface area contributed by atoms with Crippen LogP contribution in [-0.2, 0) is 10.8 Å². The molecule has 0 atom stereocenters. The van der Waals surface area contributed by atoms with Gasteiger partial charge in [0.15, 0.2) is 0 Å². The second-order valence-corrected chi connectivity index (χ2v) is 15.1. The fourth-order valence-corrected chi connectivity index (χ4v) is 8.24. The molecule has 0 bridgehead atoms. The van der Waals surface area contributed by atoms with Gasteiger partial charge in [-0.25, -0.2) is 0 Å². The maximum atomic E-state index is 2.42. The number of benzene rings is 8. The van der Waals surface area contributed by atoms with Crippen LogP contribution in [0.1, 0.15) is 56.9 Å². The van der Waals surface area contributed by atoms with Crippen LogP contribution in [0.2, 0.25) is 0 Å². The smallest absolute Gasteiger partial charge is 0.0159 e. The molecule has 0 nitrogen and oxygen atoms in total. The van der Waals surface area contributed by atoms with Crippen LogP contribution >= 0.6 is 0 Å². The van der Waals surface area contributed by atoms with E-state index in [1.165, 1.54) is 98.7 Å². The topological polar surface area (TPSA) is 0 Å². The van der Waals surface area contributed by atoms with E-state index in [4.69, 9.17) is 0 Å². The van der Waals surface area contributed by atoms with Gasteiger partial charge in [-0.1, -0.05) is 138 Å². The lowest BCUT2D eigenvalue weighted by atomic mass is 9.81. The molecule has 222 valence electrons. The van der Waals surface area contributed by atoms with Crippen molar-refractivity contribution < 1.29 is 0 Å². The highest BCUT2D eigenvalue weighted by molar-refractivity contribution is 6.26. The molecule has 0 N–H and O–H groups in total. The normalized spacial score (nSPS) is 14.0. The minimum atomic E-state index is 0.00136. The summed E-state index contributed by atoms with van der Waals surface area (Å²) in [7, 11) is 0. The fraction of sp³-hybridized carbons (Fsp3) is 0.174. The summed E-state index contributed by atoms with van der Waals surface area (Å²) >= 11 is 0. The van der Waals surface area contributed by atoms with Gasteiger partial charge in [0.25, 0.3) is 0 Å². The van der Waals surface area contributed by atoms with Gasteiger partial charge in [0, 0.05) is 5.41 Å². The van der Waals surface area contributed by atoms with E-state index >= 15 is 0 Å². The molecule has 8 aromatic carbocycles. The Morgan fingerprint density at radius 1 is 0.457 bits per heavy atom. The standard InChI is InChI=1S/C46H38/c1-27-21-40(39-20-17-34-25-35(45(2,3)4)24-33-16-18-36(27)44(39)43(33)34)32-14-13-28-22-29(11-12-30(28)23-32)31-15-19-38-37-9-7-8-10-41(37)46(5,6)42(38)26-31/h7-26H,1-6H3. The lowest BCUT2D eigenvalue weighted by Crippen LogP contribution is -2.14. The average Bonchev–Trinajstić information content (AvgIpc) is 3.29. The van der Waals surface area contributed by atoms with Crippen molar-refractivity contribution in [2.75, 3.05) is 0 Å². The molecular formula is C46H38. The van der Waals surface area contributed by atoms with E-state index < -0.39 is 0 Å². The average molecular weight is 591 g/mol. The predicted octanol–water partition coefficient (Wildman–Crippen LogP) is 13.0. The van der Waals surface area contributed by atoms with Gasteiger partial charge in [-0.3, -0.25) is 0 Å². The zero-order valence-electron chi connectivity index (χ0n) is 27.5. The second kappa shape index (κ2) is 9.30. The maximum Gasteiger partial charge on any atom is 0.0159 e. The summed E-state index contributed by atoms with van der Waals surface area (Å²) in [5.74, 6) is 0. The number of hydrogen-bond donors (Lipinski definition) is 0. The first-order chi connectivity index (χ1) is 22.1. The van der Waals surface area contributed by atoms with Crippen LogP contribution in [0, 0.1) is 6.92 Å². The van der Waals surface area contributed by atoms with Crippen molar-refractivity contribution in [2.24, 2.45) is 0 Å². The minimum Gasteiger partial charge on any atom is -0.0619 e. The van der Waals surface area contributed by atoms with Crippen LogP contribution in [0.5, 0.6) is 0 Å². The molecule has 1 aliphatic rings. The molecule has 9 rings (SSSR count). The van der Waals surface area contributed by atoms with E-state index in [-0.39, 0.29) is 10.8 Å². The van der Waals surface area contributed by atoms with Crippen LogP contribution in [0.25, 0.3) is 76.5 Å². The summed E-state index contributed by atoms with van der Waals surface area (Å²) in [4.78, 5) is 0. The Morgan fingerprint density at radius 2 is 1.04 bits per heavy atom. The van der Waals surface area contributed by atoms with Gasteiger partial charge < -0.3 is 0 Å². The predicted molar refractivity (Wildman–Crippen MR) is 200 cm³/mol. The zero-order valence-corrected chi connectivity index (χ0v) is 27.5. The van der Waals surface area contributed by atoms with Gasteiger partial charge in [-0.2, -0.15) is 0 Å². The van der Waals surface area contributed by atoms with Gasteiger partial charge in [0.2, 0.25) is 0 Å². The second-order valence-electron chi connectivity index (χ2n) is 15.1. The first-order valence-electron chi connectivity index (χ1n) is 16.6. The van der Waals surface area contributed by atoms with Gasteiger partial charge in [0.05, 0.1) is 0 Å². The molecule has 8 aromatic rings. The van der Waals surface area contributed by atoms with Crippen molar-refractivity contribution >= 4 is 43.1 Å². The van der Waals surface area contributed by atoms with E-state index in [2.05, 4.69) is 163 Å². The molecule has 0 aromatic heterocycles. The molecule has 1 aliphatic carbocycles. The van der Waals surface area contributed by atoms with Gasteiger partial charge >= 0.3 is 0 Å². The molecule has 0 unspecified atom stereocenters. The van der Waals surface area contributed by atoms with E-state index in [9.17, 15) is 0 Å². The Kier molecular flexibility index (Phi) is 5.54. The highest BCUT2D eigenvalue weighted by Gasteiger charge is 2.35. The highest BCUT2D eigenvalue weighted by atomic mass is 14.4. The largest absolute Gasteiger partial charge is 0.0619 e. The molecule has 46 heavy (non-hydrogen) atoms. The first kappa shape index (κ1) is 27.4. The summed E-state index contributed by atoms with van der Waals surface area (Å²) in [6, 6.07) is 46.4. The summed E-state index contributed by atoms with van der Waals surface area (Å²) in [6.07, 6.45) is 0. The van der Waals surface area contributed by atoms with Crippen molar-refractivity contribution in [3.05, 3.63) is 144 Å². The van der Waals surface area contributed by atoms with Crippen LogP contribution in [0.3, 0.4) is 0 Å². The fourth-order valence-electron chi connectivity index (χ4n) is 8.24. The van der Waals surface area contributed by atoms with Crippen LogP contribution in [0.4, 0.5) is 0 Å². The number of rotatable bonds is 2. The molecule has 0 heteroatoms. The van der Waals surface area contributed by atoms with Crippen molar-refractivity contribution in [1.29, 1.82) is 0 Å². The third kappa shape index (κ3) is 3.86. The van der Waals surface area contributed by atoms with E-state index in [1.807, 2.05) is 0 Å². The van der Waals surface area contributed by atoms with Crippen molar-refractivity contribution in [2.45, 2.75) is 52.4 Å². The molecular weight excluding hydrogens is 553 g/mol. The lowest BCUT2D eigenvalue weighted by Gasteiger charge is -2.22. The van der Waals surface area contributed by atoms with Crippen LogP contribution in [-0.4, -0.2) is 0 Å². The van der Waals surface area contributed by atoms with Gasteiger partial charge in [-0.15, -0.1) is 0 Å². The zero-order chi connectivity index (χ0) is 31.5. The molecule has 0 aliphatic heterocycles. The lowest BCUT2D eigenvalue weighted by molar-refractivity contribution is 0.591. The first-order valence-corrected chi connectivity index (χ1v) is 16.6. The Bertz CT molecular complexity index is 2510. The van der Waals surface area contributed by atoms with E-state index in [1.54, 1.807) is 0 Å². The summed E-state index contributed by atoms with van der Waals surface area (Å²) in [6.45, 7) is 13.9. The molecule has 0 saturated carbocycles. The van der Waals surface area contributed by atoms with Crippen LogP contribution in [0.15, 0.2) is 121 Å². The van der Waals surface area contributed by atoms with Crippen molar-refractivity contribution in [1.82, 2.24) is 0 Å². The summed E-state index contributed by atoms with van der Waals surface area (Å²) in [5.41, 5.74) is 13.5. The Morgan fingerprint density at radius 3 is 1.78 bits per heavy atom. The summed E-state index contributed by atoms with van der Waals surface area (Å²) in [5, 5.41) is 10.7. The summed E-state index contributed by atoms with van der Waals surface area (Å²) < 4.78 is 0.